The SMILES string of the molecule is Nc1ccc(/C=C/c2ccc(C=O)cc2)cc1. The van der Waals surface area contributed by atoms with E-state index in [4.69, 9.17) is 5.73 Å². The van der Waals surface area contributed by atoms with Crippen LogP contribution in [0.2, 0.25) is 0 Å². The standard InChI is InChI=1S/C15H13NO/c16-15-9-7-13(8-10-15)2-1-12-3-5-14(11-17)6-4-12/h1-11H,16H2/b2-1+. The first kappa shape index (κ1) is 11.1. The van der Waals surface area contributed by atoms with Gasteiger partial charge >= 0.3 is 0 Å². The lowest BCUT2D eigenvalue weighted by Gasteiger charge is -1.96. The lowest BCUT2D eigenvalue weighted by atomic mass is 10.1. The third-order valence-corrected chi connectivity index (χ3v) is 2.48. The summed E-state index contributed by atoms with van der Waals surface area (Å²) in [6.45, 7) is 0. The average Bonchev–Trinajstić information content (AvgIpc) is 2.39. The van der Waals surface area contributed by atoms with Crippen LogP contribution in [-0.2, 0) is 0 Å². The molecule has 0 aliphatic carbocycles. The zero-order valence-electron chi connectivity index (χ0n) is 9.34. The first-order valence-corrected chi connectivity index (χ1v) is 5.37. The second kappa shape index (κ2) is 5.12. The number of nitrogen functional groups attached to an aromatic ring is 1. The van der Waals surface area contributed by atoms with Gasteiger partial charge in [0, 0.05) is 11.3 Å². The summed E-state index contributed by atoms with van der Waals surface area (Å²) in [4.78, 5) is 10.5. The van der Waals surface area contributed by atoms with Crippen molar-refractivity contribution in [2.45, 2.75) is 0 Å². The number of hydrogen-bond acceptors (Lipinski definition) is 2. The summed E-state index contributed by atoms with van der Waals surface area (Å²) in [5, 5.41) is 0. The Morgan fingerprint density at radius 1 is 0.706 bits per heavy atom. The second-order valence-electron chi connectivity index (χ2n) is 3.78. The van der Waals surface area contributed by atoms with Gasteiger partial charge in [-0.2, -0.15) is 0 Å². The predicted octanol–water partition coefficient (Wildman–Crippen LogP) is 3.25. The molecule has 2 nitrogen and oxygen atoms in total. The fraction of sp³-hybridized carbons (Fsp3) is 0. The van der Waals surface area contributed by atoms with Gasteiger partial charge < -0.3 is 5.73 Å². The molecule has 0 saturated heterocycles. The van der Waals surface area contributed by atoms with Crippen LogP contribution in [-0.4, -0.2) is 6.29 Å². The van der Waals surface area contributed by atoms with Crippen molar-refractivity contribution in [1.82, 2.24) is 0 Å². The van der Waals surface area contributed by atoms with E-state index < -0.39 is 0 Å². The largest absolute Gasteiger partial charge is 0.399 e. The highest BCUT2D eigenvalue weighted by molar-refractivity contribution is 5.76. The molecule has 2 aromatic rings. The number of nitrogens with two attached hydrogens (primary N) is 1. The fourth-order valence-corrected chi connectivity index (χ4v) is 1.49. The molecule has 0 aliphatic rings. The molecule has 2 N–H and O–H groups in total. The van der Waals surface area contributed by atoms with Crippen LogP contribution >= 0.6 is 0 Å². The number of carbonyl (C=O) groups excluding carboxylic acids is 1. The second-order valence-corrected chi connectivity index (χ2v) is 3.78. The summed E-state index contributed by atoms with van der Waals surface area (Å²) in [6.07, 6.45) is 4.85. The summed E-state index contributed by atoms with van der Waals surface area (Å²) >= 11 is 0. The molecule has 0 fully saturated rings. The van der Waals surface area contributed by atoms with Crippen molar-refractivity contribution < 1.29 is 4.79 Å². The van der Waals surface area contributed by atoms with E-state index in [9.17, 15) is 4.79 Å². The first-order valence-electron chi connectivity index (χ1n) is 5.37. The minimum atomic E-state index is 0.689. The monoisotopic (exact) mass is 223 g/mol. The lowest BCUT2D eigenvalue weighted by molar-refractivity contribution is 0.112. The summed E-state index contributed by atoms with van der Waals surface area (Å²) in [5.41, 5.74) is 9.22. The molecule has 0 saturated carbocycles. The third-order valence-electron chi connectivity index (χ3n) is 2.48. The third kappa shape index (κ3) is 3.05. The molecule has 2 heteroatoms. The number of aldehydes is 1. The number of rotatable bonds is 3. The van der Waals surface area contributed by atoms with E-state index in [-0.39, 0.29) is 0 Å². The Labute approximate surface area is 100 Å². The van der Waals surface area contributed by atoms with Gasteiger partial charge in [0.05, 0.1) is 0 Å². The van der Waals surface area contributed by atoms with E-state index in [1.54, 1.807) is 12.1 Å². The summed E-state index contributed by atoms with van der Waals surface area (Å²) in [6, 6.07) is 15.1. The van der Waals surface area contributed by atoms with Crippen molar-refractivity contribution >= 4 is 24.1 Å². The predicted molar refractivity (Wildman–Crippen MR) is 71.6 cm³/mol. The van der Waals surface area contributed by atoms with E-state index in [0.717, 1.165) is 23.1 Å². The topological polar surface area (TPSA) is 43.1 Å². The average molecular weight is 223 g/mol. The van der Waals surface area contributed by atoms with Gasteiger partial charge in [0.2, 0.25) is 0 Å². The van der Waals surface area contributed by atoms with Gasteiger partial charge in [-0.3, -0.25) is 4.79 Å². The maximum Gasteiger partial charge on any atom is 0.150 e. The Hall–Kier alpha value is -2.35. The van der Waals surface area contributed by atoms with Crippen LogP contribution in [0.25, 0.3) is 12.2 Å². The molecule has 0 radical (unpaired) electrons. The summed E-state index contributed by atoms with van der Waals surface area (Å²) in [5.74, 6) is 0. The van der Waals surface area contributed by atoms with Crippen LogP contribution in [0.1, 0.15) is 21.5 Å². The van der Waals surface area contributed by atoms with Gasteiger partial charge in [0.15, 0.2) is 0 Å². The van der Waals surface area contributed by atoms with Crippen LogP contribution < -0.4 is 5.73 Å². The molecular formula is C15H13NO. The van der Waals surface area contributed by atoms with E-state index in [1.165, 1.54) is 0 Å². The molecule has 0 heterocycles. The highest BCUT2D eigenvalue weighted by Gasteiger charge is 1.90. The molecule has 17 heavy (non-hydrogen) atoms. The smallest absolute Gasteiger partial charge is 0.150 e. The van der Waals surface area contributed by atoms with Crippen LogP contribution in [0.3, 0.4) is 0 Å². The van der Waals surface area contributed by atoms with Gasteiger partial charge in [-0.1, -0.05) is 48.6 Å². The van der Waals surface area contributed by atoms with Gasteiger partial charge in [-0.15, -0.1) is 0 Å². The Morgan fingerprint density at radius 2 is 1.12 bits per heavy atom. The van der Waals surface area contributed by atoms with Crippen LogP contribution in [0, 0.1) is 0 Å². The Balaban J connectivity index is 2.14. The molecule has 0 atom stereocenters. The maximum absolute atomic E-state index is 10.5. The zero-order chi connectivity index (χ0) is 12.1. The highest BCUT2D eigenvalue weighted by atomic mass is 16.1. The lowest BCUT2D eigenvalue weighted by Crippen LogP contribution is -1.82. The van der Waals surface area contributed by atoms with Crippen LogP contribution in [0.4, 0.5) is 5.69 Å². The highest BCUT2D eigenvalue weighted by Crippen LogP contribution is 2.11. The molecule has 0 unspecified atom stereocenters. The fourth-order valence-electron chi connectivity index (χ4n) is 1.49. The van der Waals surface area contributed by atoms with Gasteiger partial charge in [0.1, 0.15) is 6.29 Å². The molecule has 2 rings (SSSR count). The quantitative estimate of drug-likeness (QED) is 0.493. The van der Waals surface area contributed by atoms with Crippen molar-refractivity contribution in [3.63, 3.8) is 0 Å². The Kier molecular flexibility index (Phi) is 3.36. The van der Waals surface area contributed by atoms with E-state index in [0.29, 0.717) is 5.56 Å². The van der Waals surface area contributed by atoms with Crippen molar-refractivity contribution in [3.8, 4) is 0 Å². The molecule has 0 amide bonds. The van der Waals surface area contributed by atoms with Crippen molar-refractivity contribution in [2.75, 3.05) is 5.73 Å². The minimum Gasteiger partial charge on any atom is -0.399 e. The van der Waals surface area contributed by atoms with Crippen molar-refractivity contribution in [1.29, 1.82) is 0 Å². The summed E-state index contributed by atoms with van der Waals surface area (Å²) in [7, 11) is 0. The molecule has 2 aromatic carbocycles. The Bertz CT molecular complexity index is 524. The van der Waals surface area contributed by atoms with Gasteiger partial charge in [-0.25, -0.2) is 0 Å². The number of carbonyl (C=O) groups is 1. The number of hydrogen-bond donors (Lipinski definition) is 1. The van der Waals surface area contributed by atoms with E-state index in [1.807, 2.05) is 48.6 Å². The molecular weight excluding hydrogens is 210 g/mol. The van der Waals surface area contributed by atoms with E-state index >= 15 is 0 Å². The number of benzene rings is 2. The number of anilines is 1. The van der Waals surface area contributed by atoms with Crippen molar-refractivity contribution in [2.24, 2.45) is 0 Å². The van der Waals surface area contributed by atoms with Gasteiger partial charge in [0.25, 0.3) is 0 Å². The molecule has 0 bridgehead atoms. The first-order chi connectivity index (χ1) is 8.28. The summed E-state index contributed by atoms with van der Waals surface area (Å²) < 4.78 is 0. The van der Waals surface area contributed by atoms with E-state index in [2.05, 4.69) is 0 Å². The molecule has 84 valence electrons. The van der Waals surface area contributed by atoms with Crippen LogP contribution in [0.15, 0.2) is 48.5 Å². The van der Waals surface area contributed by atoms with Crippen molar-refractivity contribution in [3.05, 3.63) is 65.2 Å². The van der Waals surface area contributed by atoms with Crippen LogP contribution in [0.5, 0.6) is 0 Å². The maximum atomic E-state index is 10.5. The molecule has 0 aromatic heterocycles. The zero-order valence-corrected chi connectivity index (χ0v) is 9.34. The normalized spacial score (nSPS) is 10.6. The Morgan fingerprint density at radius 3 is 1.59 bits per heavy atom. The van der Waals surface area contributed by atoms with Gasteiger partial charge in [-0.05, 0) is 23.3 Å². The minimum absolute atomic E-state index is 0.689. The molecule has 0 aliphatic heterocycles. The molecule has 0 spiro atoms.